The molecule has 5 rings (SSSR count). The van der Waals surface area contributed by atoms with Crippen molar-refractivity contribution < 1.29 is 38.4 Å². The second kappa shape index (κ2) is 10.3. The van der Waals surface area contributed by atoms with Crippen LogP contribution in [0.3, 0.4) is 0 Å². The Morgan fingerprint density at radius 2 is 1.43 bits per heavy atom. The van der Waals surface area contributed by atoms with Crippen LogP contribution in [0.2, 0.25) is 0 Å². The lowest BCUT2D eigenvalue weighted by molar-refractivity contribution is -0.146. The molecule has 0 radical (unpaired) electrons. The predicted octanol–water partition coefficient (Wildman–Crippen LogP) is 2.01. The summed E-state index contributed by atoms with van der Waals surface area (Å²) in [7, 11) is 0. The maximum Gasteiger partial charge on any atom is 0.344 e. The molecule has 1 N–H and O–H groups in total. The zero-order valence-electron chi connectivity index (χ0n) is 20.1. The maximum absolute atomic E-state index is 12.8. The number of benzene rings is 3. The third-order valence-corrected chi connectivity index (χ3v) is 5.92. The van der Waals surface area contributed by atoms with Crippen LogP contribution >= 0.6 is 0 Å². The van der Waals surface area contributed by atoms with E-state index >= 15 is 0 Å². The SMILES string of the molecule is CC(O)COC(=O)CCCOc1ccc(C2=c3cc4c(cc3OC2=O)=C(c2ccccc2)C(=O)O4)cc1. The number of aliphatic hydroxyl groups excluding tert-OH is 1. The summed E-state index contributed by atoms with van der Waals surface area (Å²) in [4.78, 5) is 37.0. The van der Waals surface area contributed by atoms with Gasteiger partial charge in [0.2, 0.25) is 0 Å². The minimum Gasteiger partial charge on any atom is -0.494 e. The summed E-state index contributed by atoms with van der Waals surface area (Å²) in [5.41, 5.74) is 2.16. The quantitative estimate of drug-likeness (QED) is 0.270. The number of ether oxygens (including phenoxy) is 4. The molecule has 2 aliphatic heterocycles. The Morgan fingerprint density at radius 3 is 2.00 bits per heavy atom. The molecule has 3 aromatic rings. The number of carbonyl (C=O) groups excluding carboxylic acids is 3. The van der Waals surface area contributed by atoms with E-state index in [2.05, 4.69) is 0 Å². The van der Waals surface area contributed by atoms with Crippen molar-refractivity contribution in [2.45, 2.75) is 25.9 Å². The Balaban J connectivity index is 1.34. The summed E-state index contributed by atoms with van der Waals surface area (Å²) in [6, 6.07) is 19.5. The molecule has 8 heteroatoms. The summed E-state index contributed by atoms with van der Waals surface area (Å²) in [5.74, 6) is 0.00306. The van der Waals surface area contributed by atoms with E-state index in [1.54, 1.807) is 43.3 Å². The van der Waals surface area contributed by atoms with Crippen molar-refractivity contribution in [2.75, 3.05) is 13.2 Å². The molecule has 8 nitrogen and oxygen atoms in total. The van der Waals surface area contributed by atoms with Crippen molar-refractivity contribution >= 4 is 29.1 Å². The molecular formula is C29H24O8. The van der Waals surface area contributed by atoms with Crippen molar-refractivity contribution in [1.29, 1.82) is 0 Å². The highest BCUT2D eigenvalue weighted by atomic mass is 16.6. The van der Waals surface area contributed by atoms with Gasteiger partial charge in [-0.15, -0.1) is 0 Å². The Morgan fingerprint density at radius 1 is 0.865 bits per heavy atom. The molecule has 2 heterocycles. The fourth-order valence-electron chi connectivity index (χ4n) is 4.20. The largest absolute Gasteiger partial charge is 0.494 e. The summed E-state index contributed by atoms with van der Waals surface area (Å²) in [6.07, 6.45) is -0.0471. The zero-order chi connectivity index (χ0) is 25.9. The first-order chi connectivity index (χ1) is 17.9. The number of rotatable bonds is 9. The molecule has 0 aromatic heterocycles. The maximum atomic E-state index is 12.8. The number of hydrogen-bond acceptors (Lipinski definition) is 8. The molecule has 0 spiro atoms. The second-order valence-electron chi connectivity index (χ2n) is 8.75. The van der Waals surface area contributed by atoms with E-state index in [-0.39, 0.29) is 19.0 Å². The number of hydrogen-bond donors (Lipinski definition) is 1. The van der Waals surface area contributed by atoms with Gasteiger partial charge in [0.05, 0.1) is 23.9 Å². The molecule has 37 heavy (non-hydrogen) atoms. The van der Waals surface area contributed by atoms with Crippen LogP contribution in [0.5, 0.6) is 17.2 Å². The van der Waals surface area contributed by atoms with E-state index < -0.39 is 18.0 Å². The molecule has 1 unspecified atom stereocenters. The van der Waals surface area contributed by atoms with E-state index in [0.717, 1.165) is 5.56 Å². The van der Waals surface area contributed by atoms with Gasteiger partial charge in [0.1, 0.15) is 23.9 Å². The lowest BCUT2D eigenvalue weighted by atomic mass is 10.0. The van der Waals surface area contributed by atoms with Crippen molar-refractivity contribution in [2.24, 2.45) is 0 Å². The molecule has 0 saturated carbocycles. The third kappa shape index (κ3) is 5.10. The van der Waals surface area contributed by atoms with E-state index in [4.69, 9.17) is 24.1 Å². The topological polar surface area (TPSA) is 108 Å². The van der Waals surface area contributed by atoms with Crippen LogP contribution in [0.25, 0.3) is 11.1 Å². The van der Waals surface area contributed by atoms with Gasteiger partial charge >= 0.3 is 17.9 Å². The van der Waals surface area contributed by atoms with Crippen LogP contribution in [0.1, 0.15) is 30.9 Å². The minimum atomic E-state index is -0.693. The second-order valence-corrected chi connectivity index (χ2v) is 8.75. The number of aliphatic hydroxyl groups is 1. The summed E-state index contributed by atoms with van der Waals surface area (Å²) >= 11 is 0. The lowest BCUT2D eigenvalue weighted by Gasteiger charge is -2.08. The average Bonchev–Trinajstić information content (AvgIpc) is 3.38. The number of carbonyl (C=O) groups is 3. The first kappa shape index (κ1) is 24.3. The Hall–Kier alpha value is -4.43. The summed E-state index contributed by atoms with van der Waals surface area (Å²) < 4.78 is 21.6. The lowest BCUT2D eigenvalue weighted by Crippen LogP contribution is -2.15. The average molecular weight is 501 g/mol. The van der Waals surface area contributed by atoms with Gasteiger partial charge < -0.3 is 24.1 Å². The molecule has 3 aromatic carbocycles. The highest BCUT2D eigenvalue weighted by molar-refractivity contribution is 6.21. The molecule has 0 amide bonds. The third-order valence-electron chi connectivity index (χ3n) is 5.92. The standard InChI is InChI=1S/C29H24O8/c1-17(30)16-35-25(31)8-5-13-34-20-11-9-19(10-12-20)27-22-15-23-21(14-24(22)37-29(27)33)26(28(32)36-23)18-6-3-2-4-7-18/h2-4,6-7,9-12,14-15,17,30H,5,8,13,16H2,1H3. The highest BCUT2D eigenvalue weighted by Gasteiger charge is 2.30. The van der Waals surface area contributed by atoms with Crippen LogP contribution in [0.4, 0.5) is 0 Å². The van der Waals surface area contributed by atoms with Crippen LogP contribution < -0.4 is 24.6 Å². The first-order valence-corrected chi connectivity index (χ1v) is 11.9. The van der Waals surface area contributed by atoms with Crippen LogP contribution in [0.15, 0.2) is 66.7 Å². The smallest absolute Gasteiger partial charge is 0.344 e. The van der Waals surface area contributed by atoms with Gasteiger partial charge in [0, 0.05) is 16.9 Å². The summed E-state index contributed by atoms with van der Waals surface area (Å²) in [6.45, 7) is 1.83. The number of esters is 3. The van der Waals surface area contributed by atoms with Gasteiger partial charge in [-0.3, -0.25) is 4.79 Å². The summed E-state index contributed by atoms with van der Waals surface area (Å²) in [5, 5.41) is 10.3. The van der Waals surface area contributed by atoms with Gasteiger partial charge in [0.15, 0.2) is 0 Å². The molecule has 0 fully saturated rings. The Bertz CT molecular complexity index is 1490. The molecule has 188 valence electrons. The zero-order valence-corrected chi connectivity index (χ0v) is 20.1. The van der Waals surface area contributed by atoms with Crippen molar-refractivity contribution in [3.8, 4) is 17.2 Å². The molecule has 0 aliphatic carbocycles. The van der Waals surface area contributed by atoms with Crippen molar-refractivity contribution in [3.05, 3.63) is 88.3 Å². The fraction of sp³-hybridized carbons (Fsp3) is 0.207. The van der Waals surface area contributed by atoms with Crippen LogP contribution in [0, 0.1) is 0 Å². The number of fused-ring (bicyclic) bond motifs is 2. The molecular weight excluding hydrogens is 476 g/mol. The van der Waals surface area contributed by atoms with Gasteiger partial charge in [-0.25, -0.2) is 9.59 Å². The van der Waals surface area contributed by atoms with E-state index in [0.29, 0.717) is 57.4 Å². The van der Waals surface area contributed by atoms with Gasteiger partial charge in [-0.1, -0.05) is 42.5 Å². The molecule has 0 bridgehead atoms. The first-order valence-electron chi connectivity index (χ1n) is 11.9. The van der Waals surface area contributed by atoms with E-state index in [1.807, 2.05) is 30.3 Å². The van der Waals surface area contributed by atoms with Crippen molar-refractivity contribution in [3.63, 3.8) is 0 Å². The van der Waals surface area contributed by atoms with Crippen LogP contribution in [-0.2, 0) is 19.1 Å². The minimum absolute atomic E-state index is 0.0246. The van der Waals surface area contributed by atoms with E-state index in [9.17, 15) is 14.4 Å². The fourth-order valence-corrected chi connectivity index (χ4v) is 4.20. The van der Waals surface area contributed by atoms with Crippen molar-refractivity contribution in [1.82, 2.24) is 0 Å². The Labute approximate surface area is 212 Å². The molecule has 0 saturated heterocycles. The van der Waals surface area contributed by atoms with Crippen LogP contribution in [-0.4, -0.2) is 42.3 Å². The Kier molecular flexibility index (Phi) is 6.74. The van der Waals surface area contributed by atoms with Gasteiger partial charge in [0.25, 0.3) is 0 Å². The highest BCUT2D eigenvalue weighted by Crippen LogP contribution is 2.27. The van der Waals surface area contributed by atoms with E-state index in [1.165, 1.54) is 0 Å². The molecule has 1 atom stereocenters. The van der Waals surface area contributed by atoms with Gasteiger partial charge in [-0.05, 0) is 48.7 Å². The molecule has 2 aliphatic rings. The monoisotopic (exact) mass is 500 g/mol. The van der Waals surface area contributed by atoms with Gasteiger partial charge in [-0.2, -0.15) is 0 Å². The predicted molar refractivity (Wildman–Crippen MR) is 132 cm³/mol. The normalized spacial score (nSPS) is 14.5.